The molecule has 0 aromatic carbocycles. The molecule has 0 bridgehead atoms. The Morgan fingerprint density at radius 3 is 2.44 bits per heavy atom. The van der Waals surface area contributed by atoms with Crippen LogP contribution in [0.4, 0.5) is 0 Å². The third-order valence-electron chi connectivity index (χ3n) is 2.25. The number of aliphatic hydroxyl groups excluding tert-OH is 1. The van der Waals surface area contributed by atoms with Crippen LogP contribution in [0.1, 0.15) is 40.0 Å². The minimum atomic E-state index is -0.286. The van der Waals surface area contributed by atoms with Gasteiger partial charge >= 0.3 is 0 Å². The number of hydrogen-bond donors (Lipinski definition) is 1. The summed E-state index contributed by atoms with van der Waals surface area (Å²) in [7, 11) is 1.66. The summed E-state index contributed by atoms with van der Waals surface area (Å²) in [4.78, 5) is 5.32. The van der Waals surface area contributed by atoms with Gasteiger partial charge in [-0.3, -0.25) is 0 Å². The molecule has 0 spiro atoms. The number of aliphatic hydroxyl groups is 1. The predicted octanol–water partition coefficient (Wildman–Crippen LogP) is 1.69. The molecule has 0 rings (SSSR count). The Morgan fingerprint density at radius 1 is 1.31 bits per heavy atom. The molecule has 0 fully saturated rings. The van der Waals surface area contributed by atoms with Crippen molar-refractivity contribution in [3.63, 3.8) is 0 Å². The van der Waals surface area contributed by atoms with Crippen LogP contribution in [0.25, 0.3) is 0 Å². The van der Waals surface area contributed by atoms with E-state index in [0.29, 0.717) is 11.6 Å². The number of hydrazine groups is 1. The van der Waals surface area contributed by atoms with Crippen LogP contribution in [-0.2, 0) is 4.84 Å². The highest BCUT2D eigenvalue weighted by molar-refractivity contribution is 4.64. The summed E-state index contributed by atoms with van der Waals surface area (Å²) < 4.78 is 0. The summed E-state index contributed by atoms with van der Waals surface area (Å²) in [6.07, 6.45) is 2.42. The Bertz CT molecular complexity index is 214. The van der Waals surface area contributed by atoms with Gasteiger partial charge in [0.1, 0.15) is 6.61 Å². The summed E-state index contributed by atoms with van der Waals surface area (Å²) >= 11 is 0. The maximum absolute atomic E-state index is 11.4. The first kappa shape index (κ1) is 15.0. The molecule has 0 unspecified atom stereocenters. The lowest BCUT2D eigenvalue weighted by atomic mass is 10.1. The number of unbranched alkanes of at least 4 members (excludes halogenated alkanes) is 2. The van der Waals surface area contributed by atoms with Crippen molar-refractivity contribution in [2.45, 2.75) is 45.6 Å². The van der Waals surface area contributed by atoms with Gasteiger partial charge in [0.2, 0.25) is 5.28 Å². The molecule has 0 saturated carbocycles. The smallest absolute Gasteiger partial charge is 0.233 e. The monoisotopic (exact) mass is 233 g/mol. The summed E-state index contributed by atoms with van der Waals surface area (Å²) in [5.41, 5.74) is -0.286. The minimum Gasteiger partial charge on any atom is -0.569 e. The molecular weight excluding hydrogens is 210 g/mol. The first-order chi connectivity index (χ1) is 7.39. The van der Waals surface area contributed by atoms with Gasteiger partial charge in [-0.1, -0.05) is 0 Å². The van der Waals surface area contributed by atoms with Crippen LogP contribution < -0.4 is 0 Å². The van der Waals surface area contributed by atoms with E-state index in [1.807, 2.05) is 20.8 Å². The van der Waals surface area contributed by atoms with Gasteiger partial charge in [0.15, 0.2) is 0 Å². The maximum Gasteiger partial charge on any atom is 0.233 e. The third kappa shape index (κ3) is 6.44. The van der Waals surface area contributed by atoms with E-state index in [2.05, 4.69) is 5.28 Å². The molecule has 0 aliphatic carbocycles. The fourth-order valence-electron chi connectivity index (χ4n) is 0.857. The largest absolute Gasteiger partial charge is 0.569 e. The Balaban J connectivity index is 3.79. The molecule has 1 N–H and O–H groups in total. The zero-order chi connectivity index (χ0) is 12.6. The van der Waals surface area contributed by atoms with Crippen LogP contribution in [0.2, 0.25) is 0 Å². The van der Waals surface area contributed by atoms with Crippen molar-refractivity contribution in [3.05, 3.63) is 5.21 Å². The van der Waals surface area contributed by atoms with Crippen molar-refractivity contribution in [1.29, 1.82) is 0 Å². The Morgan fingerprint density at radius 2 is 1.94 bits per heavy atom. The van der Waals surface area contributed by atoms with Gasteiger partial charge in [0.25, 0.3) is 0 Å². The van der Waals surface area contributed by atoms with E-state index in [1.165, 1.54) is 5.01 Å². The molecule has 0 saturated heterocycles. The lowest BCUT2D eigenvalue weighted by molar-refractivity contribution is -0.719. The average Bonchev–Trinajstić information content (AvgIpc) is 2.20. The minimum absolute atomic E-state index is 0.192. The normalized spacial score (nSPS) is 12.7. The van der Waals surface area contributed by atoms with Gasteiger partial charge < -0.3 is 15.2 Å². The summed E-state index contributed by atoms with van der Waals surface area (Å²) in [5, 5.41) is 24.8. The topological polar surface area (TPSA) is 71.1 Å². The zero-order valence-electron chi connectivity index (χ0n) is 10.6. The van der Waals surface area contributed by atoms with Crippen LogP contribution in [0, 0.1) is 5.21 Å². The van der Waals surface area contributed by atoms with Gasteiger partial charge in [0.05, 0.1) is 17.6 Å². The quantitative estimate of drug-likeness (QED) is 0.314. The van der Waals surface area contributed by atoms with Gasteiger partial charge in [-0.15, -0.1) is 5.01 Å². The average molecular weight is 233 g/mol. The Labute approximate surface area is 97.0 Å². The molecule has 0 amide bonds. The standard InChI is InChI=1S/C10H23N3O3/c1-10(2,3)12(4)13(15)11-16-9-7-5-6-8-14/h14H,5-9H2,1-4H3/b13-11-. The molecule has 96 valence electrons. The highest BCUT2D eigenvalue weighted by Gasteiger charge is 2.23. The van der Waals surface area contributed by atoms with Crippen LogP contribution in [0.5, 0.6) is 0 Å². The van der Waals surface area contributed by atoms with Crippen LogP contribution >= 0.6 is 0 Å². The van der Waals surface area contributed by atoms with Crippen molar-refractivity contribution >= 4 is 0 Å². The predicted molar refractivity (Wildman–Crippen MR) is 60.5 cm³/mol. The number of hydrogen-bond acceptors (Lipinski definition) is 4. The molecule has 0 atom stereocenters. The van der Waals surface area contributed by atoms with E-state index >= 15 is 0 Å². The molecule has 0 radical (unpaired) electrons. The second-order valence-electron chi connectivity index (χ2n) is 4.65. The first-order valence-corrected chi connectivity index (χ1v) is 5.54. The van der Waals surface area contributed by atoms with Gasteiger partial charge in [-0.25, -0.2) is 0 Å². The van der Waals surface area contributed by atoms with Crippen molar-refractivity contribution < 1.29 is 14.9 Å². The maximum atomic E-state index is 11.4. The lowest BCUT2D eigenvalue weighted by Crippen LogP contribution is -2.42. The van der Waals surface area contributed by atoms with Gasteiger partial charge in [-0.2, -0.15) is 0 Å². The third-order valence-corrected chi connectivity index (χ3v) is 2.25. The molecule has 0 aliphatic heterocycles. The van der Waals surface area contributed by atoms with Crippen LogP contribution in [-0.4, -0.2) is 40.9 Å². The van der Waals surface area contributed by atoms with Crippen molar-refractivity contribution in [2.75, 3.05) is 20.3 Å². The SMILES string of the molecule is CN(/[N+]([O-])=N/OCCCCCO)C(C)(C)C. The summed E-state index contributed by atoms with van der Waals surface area (Å²) in [6.45, 7) is 6.33. The van der Waals surface area contributed by atoms with Gasteiger partial charge in [0, 0.05) is 6.61 Å². The van der Waals surface area contributed by atoms with E-state index in [-0.39, 0.29) is 12.1 Å². The summed E-state index contributed by atoms with van der Waals surface area (Å²) in [6, 6.07) is 0. The van der Waals surface area contributed by atoms with Crippen LogP contribution in [0.15, 0.2) is 5.28 Å². The van der Waals surface area contributed by atoms with Crippen molar-refractivity contribution in [2.24, 2.45) is 5.28 Å². The Hall–Kier alpha value is -1.04. The highest BCUT2D eigenvalue weighted by atomic mass is 16.7. The van der Waals surface area contributed by atoms with E-state index in [0.717, 1.165) is 19.3 Å². The second kappa shape index (κ2) is 7.27. The molecule has 16 heavy (non-hydrogen) atoms. The first-order valence-electron chi connectivity index (χ1n) is 5.54. The molecule has 0 aromatic heterocycles. The zero-order valence-corrected chi connectivity index (χ0v) is 10.6. The summed E-state index contributed by atoms with van der Waals surface area (Å²) in [5.74, 6) is 0. The number of nitrogens with zero attached hydrogens (tertiary/aromatic N) is 3. The van der Waals surface area contributed by atoms with Crippen LogP contribution in [0.3, 0.4) is 0 Å². The fraction of sp³-hybridized carbons (Fsp3) is 1.00. The lowest BCUT2D eigenvalue weighted by Gasteiger charge is -2.26. The molecule has 0 aromatic rings. The van der Waals surface area contributed by atoms with Gasteiger partial charge in [-0.05, 0) is 40.0 Å². The molecule has 0 aliphatic rings. The van der Waals surface area contributed by atoms with E-state index in [4.69, 9.17) is 9.94 Å². The second-order valence-corrected chi connectivity index (χ2v) is 4.65. The molecule has 6 heteroatoms. The molecule has 0 heterocycles. The van der Waals surface area contributed by atoms with Crippen molar-refractivity contribution in [3.8, 4) is 0 Å². The van der Waals surface area contributed by atoms with Crippen molar-refractivity contribution in [1.82, 2.24) is 5.01 Å². The van der Waals surface area contributed by atoms with E-state index in [1.54, 1.807) is 7.05 Å². The molecular formula is C10H23N3O3. The molecule has 6 nitrogen and oxygen atoms in total. The Kier molecular flexibility index (Phi) is 6.80. The number of rotatable bonds is 7. The fourth-order valence-corrected chi connectivity index (χ4v) is 0.857. The highest BCUT2D eigenvalue weighted by Crippen LogP contribution is 2.10. The van der Waals surface area contributed by atoms with E-state index < -0.39 is 0 Å². The van der Waals surface area contributed by atoms with E-state index in [9.17, 15) is 5.21 Å².